The fourth-order valence-electron chi connectivity index (χ4n) is 2.42. The minimum Gasteiger partial charge on any atom is -0.506 e. The van der Waals surface area contributed by atoms with E-state index in [1.807, 2.05) is 20.8 Å². The molecule has 2 rings (SSSR count). The summed E-state index contributed by atoms with van der Waals surface area (Å²) in [7, 11) is 0. The Kier molecular flexibility index (Phi) is 8.99. The number of aryl methyl sites for hydroxylation is 1. The van der Waals surface area contributed by atoms with Gasteiger partial charge in [-0.3, -0.25) is 9.59 Å². The average Bonchev–Trinajstić information content (AvgIpc) is 2.64. The topological polar surface area (TPSA) is 74.6 Å². The van der Waals surface area contributed by atoms with E-state index < -0.39 is 0 Å². The molecule has 0 aliphatic heterocycles. The van der Waals surface area contributed by atoms with Gasteiger partial charge >= 0.3 is 0 Å². The van der Waals surface area contributed by atoms with Crippen LogP contribution in [0.25, 0.3) is 0 Å². The highest BCUT2D eigenvalue weighted by Gasteiger charge is 2.17. The summed E-state index contributed by atoms with van der Waals surface area (Å²) in [5.74, 6) is -0.245. The summed E-state index contributed by atoms with van der Waals surface area (Å²) in [6.07, 6.45) is 4.15. The Labute approximate surface area is 176 Å². The molecule has 0 heterocycles. The Morgan fingerprint density at radius 2 is 1.57 bits per heavy atom. The van der Waals surface area contributed by atoms with E-state index in [0.717, 1.165) is 30.4 Å². The molecule has 0 aliphatic rings. The smallest absolute Gasteiger partial charge is 0.153 e. The van der Waals surface area contributed by atoms with Gasteiger partial charge in [-0.05, 0) is 47.6 Å². The van der Waals surface area contributed by atoms with Crippen molar-refractivity contribution in [3.8, 4) is 11.5 Å². The molecule has 0 spiro atoms. The van der Waals surface area contributed by atoms with Crippen molar-refractivity contribution in [1.82, 2.24) is 0 Å². The number of carbonyl (C=O) groups excluding carboxylic acids is 2. The lowest BCUT2D eigenvalue weighted by atomic mass is 9.86. The van der Waals surface area contributed by atoms with Crippen molar-refractivity contribution in [2.75, 3.05) is 0 Å². The molecule has 0 fully saturated rings. The second-order valence-electron chi connectivity index (χ2n) is 7.46. The molecule has 0 bridgehead atoms. The van der Waals surface area contributed by atoms with Gasteiger partial charge in [-0.25, -0.2) is 0 Å². The first kappa shape index (κ1) is 24.0. The van der Waals surface area contributed by atoms with Gasteiger partial charge in [0.1, 0.15) is 11.5 Å². The molecule has 0 atom stereocenters. The Morgan fingerprint density at radius 3 is 2.07 bits per heavy atom. The zero-order valence-corrected chi connectivity index (χ0v) is 18.1. The van der Waals surface area contributed by atoms with Crippen LogP contribution in [0.15, 0.2) is 24.3 Å². The van der Waals surface area contributed by atoms with E-state index in [-0.39, 0.29) is 33.1 Å². The van der Waals surface area contributed by atoms with Crippen LogP contribution in [0.4, 0.5) is 0 Å². The van der Waals surface area contributed by atoms with Crippen LogP contribution in [-0.4, -0.2) is 22.8 Å². The molecule has 0 radical (unpaired) electrons. The van der Waals surface area contributed by atoms with Crippen LogP contribution in [0.5, 0.6) is 11.5 Å². The van der Waals surface area contributed by atoms with E-state index in [1.54, 1.807) is 24.3 Å². The largest absolute Gasteiger partial charge is 0.506 e. The van der Waals surface area contributed by atoms with Crippen molar-refractivity contribution in [2.24, 2.45) is 0 Å². The SMILES string of the molecule is CC(C)(C)c1cc(Cl)c(O)c(C=O)c1.CCCCc1ccc(C=O)c(O)c1Cl. The lowest BCUT2D eigenvalue weighted by Gasteiger charge is -2.20. The predicted octanol–water partition coefficient (Wildman–Crippen LogP) is 6.36. The fourth-order valence-corrected chi connectivity index (χ4v) is 2.91. The number of phenolic OH excluding ortho intramolecular Hbond substituents is 2. The average molecular weight is 425 g/mol. The first-order chi connectivity index (χ1) is 13.1. The van der Waals surface area contributed by atoms with Crippen molar-refractivity contribution in [3.63, 3.8) is 0 Å². The van der Waals surface area contributed by atoms with Gasteiger partial charge in [-0.15, -0.1) is 0 Å². The lowest BCUT2D eigenvalue weighted by Crippen LogP contribution is -2.11. The third kappa shape index (κ3) is 6.25. The van der Waals surface area contributed by atoms with Crippen molar-refractivity contribution in [2.45, 2.75) is 52.4 Å². The molecule has 2 aromatic rings. The predicted molar refractivity (Wildman–Crippen MR) is 114 cm³/mol. The van der Waals surface area contributed by atoms with Gasteiger partial charge in [0.15, 0.2) is 12.6 Å². The minimum atomic E-state index is -0.144. The molecule has 0 aromatic heterocycles. The molecule has 6 heteroatoms. The van der Waals surface area contributed by atoms with Crippen LogP contribution < -0.4 is 0 Å². The number of aldehydes is 2. The van der Waals surface area contributed by atoms with Crippen LogP contribution in [0.2, 0.25) is 10.0 Å². The van der Waals surface area contributed by atoms with Crippen LogP contribution in [0.1, 0.15) is 72.4 Å². The van der Waals surface area contributed by atoms with E-state index in [0.29, 0.717) is 17.6 Å². The molecule has 0 saturated heterocycles. The molecule has 0 aliphatic carbocycles. The number of carbonyl (C=O) groups is 2. The maximum atomic E-state index is 10.6. The van der Waals surface area contributed by atoms with Crippen LogP contribution in [-0.2, 0) is 11.8 Å². The number of hydrogen-bond acceptors (Lipinski definition) is 4. The Morgan fingerprint density at radius 1 is 0.964 bits per heavy atom. The van der Waals surface area contributed by atoms with Crippen molar-refractivity contribution in [3.05, 3.63) is 56.6 Å². The Bertz CT molecular complexity index is 839. The summed E-state index contributed by atoms with van der Waals surface area (Å²) in [6.45, 7) is 8.15. The fraction of sp³-hybridized carbons (Fsp3) is 0.364. The van der Waals surface area contributed by atoms with E-state index in [2.05, 4.69) is 6.92 Å². The molecule has 0 unspecified atom stereocenters. The molecule has 0 saturated carbocycles. The highest BCUT2D eigenvalue weighted by atomic mass is 35.5. The molecule has 152 valence electrons. The van der Waals surface area contributed by atoms with Crippen molar-refractivity contribution in [1.29, 1.82) is 0 Å². The van der Waals surface area contributed by atoms with Gasteiger partial charge < -0.3 is 10.2 Å². The van der Waals surface area contributed by atoms with E-state index in [4.69, 9.17) is 23.2 Å². The van der Waals surface area contributed by atoms with Crippen molar-refractivity contribution < 1.29 is 19.8 Å². The van der Waals surface area contributed by atoms with Crippen LogP contribution in [0.3, 0.4) is 0 Å². The molecule has 0 amide bonds. The number of rotatable bonds is 5. The number of aromatic hydroxyl groups is 2. The van der Waals surface area contributed by atoms with E-state index >= 15 is 0 Å². The maximum Gasteiger partial charge on any atom is 0.153 e. The standard InChI is InChI=1S/2C11H13ClO2/c1-11(2,3)8-4-7(6-13)10(14)9(12)5-8;1-2-3-4-8-5-6-9(7-13)11(14)10(8)12/h4-6,14H,1-3H3;5-7,14H,2-4H2,1H3. The molecule has 2 N–H and O–H groups in total. The molecular formula is C22H26Cl2O4. The van der Waals surface area contributed by atoms with Crippen LogP contribution in [0, 0.1) is 0 Å². The number of phenols is 2. The third-order valence-corrected chi connectivity index (χ3v) is 4.95. The highest BCUT2D eigenvalue weighted by Crippen LogP contribution is 2.33. The minimum absolute atomic E-state index is 0.0882. The van der Waals surface area contributed by atoms with Crippen molar-refractivity contribution >= 4 is 35.8 Å². The first-order valence-corrected chi connectivity index (χ1v) is 9.76. The number of benzene rings is 2. The first-order valence-electron chi connectivity index (χ1n) is 9.00. The summed E-state index contributed by atoms with van der Waals surface area (Å²) in [5.41, 5.74) is 2.23. The lowest BCUT2D eigenvalue weighted by molar-refractivity contribution is 0.111. The van der Waals surface area contributed by atoms with E-state index in [1.165, 1.54) is 0 Å². The van der Waals surface area contributed by atoms with Crippen LogP contribution >= 0.6 is 23.2 Å². The summed E-state index contributed by atoms with van der Waals surface area (Å²) in [6, 6.07) is 6.73. The highest BCUT2D eigenvalue weighted by molar-refractivity contribution is 6.33. The zero-order valence-electron chi connectivity index (χ0n) is 16.6. The Hall–Kier alpha value is -2.04. The maximum absolute atomic E-state index is 10.6. The molecule has 4 nitrogen and oxygen atoms in total. The van der Waals surface area contributed by atoms with Gasteiger partial charge in [-0.1, -0.05) is 63.4 Å². The van der Waals surface area contributed by atoms with E-state index in [9.17, 15) is 19.8 Å². The zero-order chi connectivity index (χ0) is 21.5. The number of halogens is 2. The molecular weight excluding hydrogens is 399 g/mol. The van der Waals surface area contributed by atoms with Gasteiger partial charge in [0.2, 0.25) is 0 Å². The Balaban J connectivity index is 0.000000280. The van der Waals surface area contributed by atoms with Gasteiger partial charge in [-0.2, -0.15) is 0 Å². The van der Waals surface area contributed by atoms with Gasteiger partial charge in [0.25, 0.3) is 0 Å². The summed E-state index contributed by atoms with van der Waals surface area (Å²) in [5, 5.41) is 19.5. The summed E-state index contributed by atoms with van der Waals surface area (Å²) >= 11 is 11.7. The quantitative estimate of drug-likeness (QED) is 0.547. The second kappa shape index (κ2) is 10.5. The molecule has 28 heavy (non-hydrogen) atoms. The normalized spacial score (nSPS) is 10.8. The van der Waals surface area contributed by atoms with Gasteiger partial charge in [0.05, 0.1) is 21.2 Å². The monoisotopic (exact) mass is 424 g/mol. The third-order valence-electron chi connectivity index (χ3n) is 4.24. The molecule has 2 aromatic carbocycles. The summed E-state index contributed by atoms with van der Waals surface area (Å²) in [4.78, 5) is 21.1. The number of hydrogen-bond donors (Lipinski definition) is 2. The number of unbranched alkanes of at least 4 members (excludes halogenated alkanes) is 1. The summed E-state index contributed by atoms with van der Waals surface area (Å²) < 4.78 is 0. The second-order valence-corrected chi connectivity index (χ2v) is 8.25. The van der Waals surface area contributed by atoms with Gasteiger partial charge in [0, 0.05) is 0 Å².